The molecule has 1 aromatic heterocycles. The number of aromatic nitrogens is 2. The molecule has 0 aliphatic heterocycles. The summed E-state index contributed by atoms with van der Waals surface area (Å²) in [6.07, 6.45) is 0. The molecule has 0 spiro atoms. The van der Waals surface area contributed by atoms with E-state index >= 15 is 0 Å². The van der Waals surface area contributed by atoms with Crippen LogP contribution in [0.25, 0.3) is 11.0 Å². The lowest BCUT2D eigenvalue weighted by molar-refractivity contribution is 0.0671. The molecule has 5 nitrogen and oxygen atoms in total. The van der Waals surface area contributed by atoms with Gasteiger partial charge in [-0.2, -0.15) is 0 Å². The number of rotatable bonds is 6. The Morgan fingerprint density at radius 2 is 2.06 bits per heavy atom. The second-order valence-corrected chi connectivity index (χ2v) is 3.72. The van der Waals surface area contributed by atoms with Crippen LogP contribution in [0.15, 0.2) is 24.3 Å². The van der Waals surface area contributed by atoms with Gasteiger partial charge in [0.2, 0.25) is 5.95 Å². The lowest BCUT2D eigenvalue weighted by Crippen LogP contribution is -2.11. The van der Waals surface area contributed by atoms with Crippen molar-refractivity contribution in [2.45, 2.75) is 6.54 Å². The number of para-hydroxylation sites is 2. The Kier molecular flexibility index (Phi) is 3.95. The molecular formula is C12H17N3O2. The van der Waals surface area contributed by atoms with Crippen LogP contribution < -0.4 is 5.73 Å². The summed E-state index contributed by atoms with van der Waals surface area (Å²) in [5, 5.41) is 0. The van der Waals surface area contributed by atoms with Crippen LogP contribution >= 0.6 is 0 Å². The summed E-state index contributed by atoms with van der Waals surface area (Å²) < 4.78 is 12.3. The van der Waals surface area contributed by atoms with Crippen molar-refractivity contribution in [3.63, 3.8) is 0 Å². The maximum absolute atomic E-state index is 5.87. The van der Waals surface area contributed by atoms with Gasteiger partial charge >= 0.3 is 0 Å². The van der Waals surface area contributed by atoms with Gasteiger partial charge in [0.05, 0.1) is 30.9 Å². The highest BCUT2D eigenvalue weighted by atomic mass is 16.5. The molecule has 5 heteroatoms. The normalized spacial score (nSPS) is 11.1. The number of nitrogens with two attached hydrogens (primary N) is 1. The zero-order chi connectivity index (χ0) is 12.1. The molecule has 0 saturated carbocycles. The largest absolute Gasteiger partial charge is 0.382 e. The number of nitrogens with zero attached hydrogens (tertiary/aromatic N) is 2. The van der Waals surface area contributed by atoms with Gasteiger partial charge in [-0.25, -0.2) is 4.98 Å². The van der Waals surface area contributed by atoms with Gasteiger partial charge in [0.25, 0.3) is 0 Å². The van der Waals surface area contributed by atoms with E-state index in [4.69, 9.17) is 15.2 Å². The molecule has 1 heterocycles. The second-order valence-electron chi connectivity index (χ2n) is 3.72. The molecule has 2 rings (SSSR count). The Labute approximate surface area is 100 Å². The van der Waals surface area contributed by atoms with Gasteiger partial charge in [0.1, 0.15) is 0 Å². The Hall–Kier alpha value is -1.59. The molecule has 92 valence electrons. The molecule has 1 aromatic carbocycles. The van der Waals surface area contributed by atoms with Crippen molar-refractivity contribution < 1.29 is 9.47 Å². The zero-order valence-corrected chi connectivity index (χ0v) is 9.93. The van der Waals surface area contributed by atoms with E-state index in [1.165, 1.54) is 0 Å². The number of ether oxygens (including phenoxy) is 2. The van der Waals surface area contributed by atoms with E-state index in [0.717, 1.165) is 11.0 Å². The van der Waals surface area contributed by atoms with Crippen LogP contribution in [0, 0.1) is 0 Å². The SMILES string of the molecule is COCCOCCn1c(N)nc2ccccc21. The molecule has 17 heavy (non-hydrogen) atoms. The van der Waals surface area contributed by atoms with Crippen LogP contribution in [0.2, 0.25) is 0 Å². The van der Waals surface area contributed by atoms with E-state index in [1.807, 2.05) is 28.8 Å². The quantitative estimate of drug-likeness (QED) is 0.766. The van der Waals surface area contributed by atoms with Gasteiger partial charge in [-0.05, 0) is 12.1 Å². The number of imidazole rings is 1. The minimum Gasteiger partial charge on any atom is -0.382 e. The van der Waals surface area contributed by atoms with E-state index in [2.05, 4.69) is 4.98 Å². The van der Waals surface area contributed by atoms with Crippen LogP contribution in [-0.2, 0) is 16.0 Å². The lowest BCUT2D eigenvalue weighted by atomic mass is 10.3. The molecular weight excluding hydrogens is 218 g/mol. The Bertz CT molecular complexity index is 482. The molecule has 0 aliphatic rings. The van der Waals surface area contributed by atoms with Crippen LogP contribution in [0.1, 0.15) is 0 Å². The highest BCUT2D eigenvalue weighted by molar-refractivity contribution is 5.78. The topological polar surface area (TPSA) is 62.3 Å². The third-order valence-corrected chi connectivity index (χ3v) is 2.58. The average Bonchev–Trinajstić information content (AvgIpc) is 2.65. The Morgan fingerprint density at radius 1 is 1.24 bits per heavy atom. The first-order chi connectivity index (χ1) is 8.33. The van der Waals surface area contributed by atoms with Crippen LogP contribution in [0.3, 0.4) is 0 Å². The molecule has 2 N–H and O–H groups in total. The zero-order valence-electron chi connectivity index (χ0n) is 9.93. The van der Waals surface area contributed by atoms with Crippen molar-refractivity contribution in [3.8, 4) is 0 Å². The molecule has 0 unspecified atom stereocenters. The third-order valence-electron chi connectivity index (χ3n) is 2.58. The van der Waals surface area contributed by atoms with E-state index < -0.39 is 0 Å². The average molecular weight is 235 g/mol. The van der Waals surface area contributed by atoms with Crippen molar-refractivity contribution in [1.82, 2.24) is 9.55 Å². The van der Waals surface area contributed by atoms with Crippen molar-refractivity contribution >= 4 is 17.0 Å². The monoisotopic (exact) mass is 235 g/mol. The van der Waals surface area contributed by atoms with Gasteiger partial charge in [0, 0.05) is 13.7 Å². The number of anilines is 1. The Balaban J connectivity index is 2.00. The minimum atomic E-state index is 0.529. The third kappa shape index (κ3) is 2.75. The summed E-state index contributed by atoms with van der Waals surface area (Å²) in [6.45, 7) is 2.52. The minimum absolute atomic E-state index is 0.529. The fourth-order valence-corrected chi connectivity index (χ4v) is 1.73. The summed E-state index contributed by atoms with van der Waals surface area (Å²) in [5.74, 6) is 0.529. The molecule has 0 atom stereocenters. The van der Waals surface area contributed by atoms with E-state index in [0.29, 0.717) is 32.3 Å². The summed E-state index contributed by atoms with van der Waals surface area (Å²) in [5.41, 5.74) is 7.83. The van der Waals surface area contributed by atoms with E-state index in [9.17, 15) is 0 Å². The molecule has 0 radical (unpaired) electrons. The lowest BCUT2D eigenvalue weighted by Gasteiger charge is -2.07. The van der Waals surface area contributed by atoms with E-state index in [-0.39, 0.29) is 0 Å². The van der Waals surface area contributed by atoms with Crippen molar-refractivity contribution in [1.29, 1.82) is 0 Å². The fourth-order valence-electron chi connectivity index (χ4n) is 1.73. The number of benzene rings is 1. The maximum atomic E-state index is 5.87. The first kappa shape index (κ1) is 11.9. The van der Waals surface area contributed by atoms with Gasteiger partial charge in [-0.3, -0.25) is 0 Å². The Morgan fingerprint density at radius 3 is 2.88 bits per heavy atom. The first-order valence-electron chi connectivity index (χ1n) is 5.60. The van der Waals surface area contributed by atoms with Crippen LogP contribution in [-0.4, -0.2) is 36.5 Å². The molecule has 0 bridgehead atoms. The second kappa shape index (κ2) is 5.65. The number of fused-ring (bicyclic) bond motifs is 1. The van der Waals surface area contributed by atoms with Crippen molar-refractivity contribution in [2.24, 2.45) is 0 Å². The van der Waals surface area contributed by atoms with Gasteiger partial charge in [-0.15, -0.1) is 0 Å². The van der Waals surface area contributed by atoms with Gasteiger partial charge in [-0.1, -0.05) is 12.1 Å². The van der Waals surface area contributed by atoms with Gasteiger partial charge in [0.15, 0.2) is 0 Å². The fraction of sp³-hybridized carbons (Fsp3) is 0.417. The van der Waals surface area contributed by atoms with Crippen LogP contribution in [0.5, 0.6) is 0 Å². The first-order valence-corrected chi connectivity index (χ1v) is 5.60. The smallest absolute Gasteiger partial charge is 0.201 e. The molecule has 2 aromatic rings. The molecule has 0 aliphatic carbocycles. The number of hydrogen-bond acceptors (Lipinski definition) is 4. The molecule has 0 fully saturated rings. The van der Waals surface area contributed by atoms with Crippen LogP contribution in [0.4, 0.5) is 5.95 Å². The predicted molar refractivity (Wildman–Crippen MR) is 66.8 cm³/mol. The maximum Gasteiger partial charge on any atom is 0.201 e. The van der Waals surface area contributed by atoms with Gasteiger partial charge < -0.3 is 19.8 Å². The highest BCUT2D eigenvalue weighted by Gasteiger charge is 2.06. The summed E-state index contributed by atoms with van der Waals surface area (Å²) in [7, 11) is 1.66. The molecule has 0 amide bonds. The molecule has 0 saturated heterocycles. The number of methoxy groups -OCH3 is 1. The predicted octanol–water partition coefficient (Wildman–Crippen LogP) is 1.28. The number of nitrogen functional groups attached to an aromatic ring is 1. The summed E-state index contributed by atoms with van der Waals surface area (Å²) in [4.78, 5) is 4.29. The van der Waals surface area contributed by atoms with Crippen molar-refractivity contribution in [3.05, 3.63) is 24.3 Å². The standard InChI is InChI=1S/C12H17N3O2/c1-16-8-9-17-7-6-15-11-5-3-2-4-10(11)14-12(15)13/h2-5H,6-9H2,1H3,(H2,13,14). The highest BCUT2D eigenvalue weighted by Crippen LogP contribution is 2.16. The van der Waals surface area contributed by atoms with Crippen molar-refractivity contribution in [2.75, 3.05) is 32.7 Å². The summed E-state index contributed by atoms with van der Waals surface area (Å²) >= 11 is 0. The number of hydrogen-bond donors (Lipinski definition) is 1. The van der Waals surface area contributed by atoms with E-state index in [1.54, 1.807) is 7.11 Å². The summed E-state index contributed by atoms with van der Waals surface area (Å²) in [6, 6.07) is 7.89.